The zero-order chi connectivity index (χ0) is 20.4. The maximum absolute atomic E-state index is 13.2. The fraction of sp³-hybridized carbons (Fsp3) is 0.250. The van der Waals surface area contributed by atoms with E-state index in [-0.39, 0.29) is 5.56 Å². The van der Waals surface area contributed by atoms with Crippen LogP contribution in [0.15, 0.2) is 64.5 Å². The summed E-state index contributed by atoms with van der Waals surface area (Å²) in [5.74, 6) is 0.804. The lowest BCUT2D eigenvalue weighted by Crippen LogP contribution is -2.22. The molecule has 0 aliphatic heterocycles. The fourth-order valence-corrected chi connectivity index (χ4v) is 5.35. The summed E-state index contributed by atoms with van der Waals surface area (Å²) in [5.41, 5.74) is 5.74. The Morgan fingerprint density at radius 3 is 2.55 bits per heavy atom. The summed E-state index contributed by atoms with van der Waals surface area (Å²) in [6.07, 6.45) is 0.904. The Balaban J connectivity index is 1.73. The predicted octanol–water partition coefficient (Wildman–Crippen LogP) is 6.44. The molecule has 2 aromatic heterocycles. The first-order valence-corrected chi connectivity index (χ1v) is 11.6. The molecule has 0 saturated heterocycles. The number of thiophene rings is 1. The van der Waals surface area contributed by atoms with Gasteiger partial charge in [0, 0.05) is 17.2 Å². The van der Waals surface area contributed by atoms with Crippen LogP contribution < -0.4 is 5.56 Å². The molecule has 0 radical (unpaired) electrons. The minimum Gasteiger partial charge on any atom is -0.286 e. The molecule has 0 atom stereocenters. The van der Waals surface area contributed by atoms with Crippen molar-refractivity contribution >= 4 is 33.3 Å². The largest absolute Gasteiger partial charge is 0.286 e. The molecule has 0 unspecified atom stereocenters. The average molecular weight is 421 g/mol. The molecular formula is C24H24N2OS2. The Bertz CT molecular complexity index is 1210. The number of rotatable bonds is 6. The third-order valence-electron chi connectivity index (χ3n) is 4.83. The van der Waals surface area contributed by atoms with Gasteiger partial charge in [0.2, 0.25) is 0 Å². The SMILES string of the molecule is CCCn1c(SCc2cccc(C)c2)nc2cc(-c3ccc(C)cc3)sc2c1=O. The van der Waals surface area contributed by atoms with Crippen LogP contribution in [0.25, 0.3) is 20.7 Å². The number of fused-ring (bicyclic) bond motifs is 1. The molecule has 4 rings (SSSR count). The number of aryl methyl sites for hydroxylation is 2. The van der Waals surface area contributed by atoms with Gasteiger partial charge >= 0.3 is 0 Å². The van der Waals surface area contributed by atoms with Crippen molar-refractivity contribution in [3.63, 3.8) is 0 Å². The molecule has 4 aromatic rings. The van der Waals surface area contributed by atoms with Crippen LogP contribution >= 0.6 is 23.1 Å². The van der Waals surface area contributed by atoms with Gasteiger partial charge in [0.15, 0.2) is 5.16 Å². The van der Waals surface area contributed by atoms with Crippen molar-refractivity contribution < 1.29 is 0 Å². The summed E-state index contributed by atoms with van der Waals surface area (Å²) in [6, 6.07) is 19.0. The number of thioether (sulfide) groups is 1. The van der Waals surface area contributed by atoms with E-state index in [1.54, 1.807) is 23.1 Å². The van der Waals surface area contributed by atoms with Gasteiger partial charge in [0.1, 0.15) is 4.70 Å². The van der Waals surface area contributed by atoms with E-state index in [0.29, 0.717) is 6.54 Å². The fourth-order valence-electron chi connectivity index (χ4n) is 3.33. The quantitative estimate of drug-likeness (QED) is 0.266. The maximum atomic E-state index is 13.2. The predicted molar refractivity (Wildman–Crippen MR) is 125 cm³/mol. The molecule has 0 bridgehead atoms. The number of nitrogens with zero attached hydrogens (tertiary/aromatic N) is 2. The minimum absolute atomic E-state index is 0.0759. The van der Waals surface area contributed by atoms with E-state index in [1.807, 2.05) is 4.57 Å². The lowest BCUT2D eigenvalue weighted by atomic mass is 10.1. The first-order chi connectivity index (χ1) is 14.0. The molecule has 148 valence electrons. The van der Waals surface area contributed by atoms with Crippen molar-refractivity contribution in [1.82, 2.24) is 9.55 Å². The van der Waals surface area contributed by atoms with Crippen LogP contribution in [0.1, 0.15) is 30.0 Å². The first-order valence-electron chi connectivity index (χ1n) is 9.85. The van der Waals surface area contributed by atoms with Gasteiger partial charge in [0.25, 0.3) is 5.56 Å². The van der Waals surface area contributed by atoms with Crippen molar-refractivity contribution in [2.24, 2.45) is 0 Å². The Labute approximate surface area is 179 Å². The molecule has 0 fully saturated rings. The van der Waals surface area contributed by atoms with Crippen LogP contribution in [-0.2, 0) is 12.3 Å². The van der Waals surface area contributed by atoms with Gasteiger partial charge in [0.05, 0.1) is 5.52 Å². The van der Waals surface area contributed by atoms with Gasteiger partial charge in [-0.15, -0.1) is 11.3 Å². The highest BCUT2D eigenvalue weighted by molar-refractivity contribution is 7.98. The van der Waals surface area contributed by atoms with E-state index in [9.17, 15) is 4.79 Å². The van der Waals surface area contributed by atoms with Crippen molar-refractivity contribution in [2.75, 3.05) is 0 Å². The van der Waals surface area contributed by atoms with Gasteiger partial charge in [-0.2, -0.15) is 0 Å². The van der Waals surface area contributed by atoms with E-state index in [1.165, 1.54) is 16.7 Å². The van der Waals surface area contributed by atoms with Crippen LogP contribution in [0, 0.1) is 13.8 Å². The van der Waals surface area contributed by atoms with Crippen molar-refractivity contribution in [3.05, 3.63) is 81.6 Å². The molecule has 0 aliphatic rings. The van der Waals surface area contributed by atoms with E-state index >= 15 is 0 Å². The average Bonchev–Trinajstić information content (AvgIpc) is 3.14. The van der Waals surface area contributed by atoms with Gasteiger partial charge < -0.3 is 0 Å². The van der Waals surface area contributed by atoms with Crippen LogP contribution in [0.4, 0.5) is 0 Å². The Morgan fingerprint density at radius 2 is 1.83 bits per heavy atom. The number of hydrogen-bond donors (Lipinski definition) is 0. The van der Waals surface area contributed by atoms with Gasteiger partial charge in [-0.3, -0.25) is 9.36 Å². The zero-order valence-corrected chi connectivity index (χ0v) is 18.6. The lowest BCUT2D eigenvalue weighted by molar-refractivity contribution is 0.585. The molecule has 0 N–H and O–H groups in total. The molecule has 29 heavy (non-hydrogen) atoms. The topological polar surface area (TPSA) is 34.9 Å². The Hall–Kier alpha value is -2.37. The Morgan fingerprint density at radius 1 is 1.03 bits per heavy atom. The standard InChI is InChI=1S/C24H24N2OS2/c1-4-12-26-23(27)22-20(14-21(29-22)19-10-8-16(2)9-11-19)25-24(26)28-15-18-7-5-6-17(3)13-18/h5-11,13-14H,4,12,15H2,1-3H3. The molecule has 0 saturated carbocycles. The number of benzene rings is 2. The Kier molecular flexibility index (Phi) is 5.88. The zero-order valence-electron chi connectivity index (χ0n) is 16.9. The lowest BCUT2D eigenvalue weighted by Gasteiger charge is -2.11. The molecule has 0 aliphatic carbocycles. The summed E-state index contributed by atoms with van der Waals surface area (Å²) >= 11 is 3.18. The number of aromatic nitrogens is 2. The second-order valence-electron chi connectivity index (χ2n) is 7.32. The van der Waals surface area contributed by atoms with E-state index in [0.717, 1.165) is 38.0 Å². The van der Waals surface area contributed by atoms with E-state index < -0.39 is 0 Å². The van der Waals surface area contributed by atoms with Crippen molar-refractivity contribution in [2.45, 2.75) is 44.6 Å². The second kappa shape index (κ2) is 8.56. The monoisotopic (exact) mass is 420 g/mol. The highest BCUT2D eigenvalue weighted by Gasteiger charge is 2.15. The molecule has 3 nitrogen and oxygen atoms in total. The van der Waals surface area contributed by atoms with E-state index in [2.05, 4.69) is 75.4 Å². The smallest absolute Gasteiger partial charge is 0.272 e. The molecule has 0 spiro atoms. The van der Waals surface area contributed by atoms with Gasteiger partial charge in [-0.05, 0) is 37.5 Å². The molecular weight excluding hydrogens is 396 g/mol. The summed E-state index contributed by atoms with van der Waals surface area (Å²) in [5, 5.41) is 0.805. The van der Waals surface area contributed by atoms with Crippen LogP contribution in [-0.4, -0.2) is 9.55 Å². The van der Waals surface area contributed by atoms with Crippen LogP contribution in [0.3, 0.4) is 0 Å². The summed E-state index contributed by atoms with van der Waals surface area (Å²) in [4.78, 5) is 19.2. The summed E-state index contributed by atoms with van der Waals surface area (Å²) in [6.45, 7) is 6.97. The third kappa shape index (κ3) is 4.31. The third-order valence-corrected chi connectivity index (χ3v) is 7.04. The molecule has 5 heteroatoms. The van der Waals surface area contributed by atoms with Crippen molar-refractivity contribution in [1.29, 1.82) is 0 Å². The van der Waals surface area contributed by atoms with Crippen molar-refractivity contribution in [3.8, 4) is 10.4 Å². The molecule has 2 aromatic carbocycles. The van der Waals surface area contributed by atoms with Crippen LogP contribution in [0.2, 0.25) is 0 Å². The minimum atomic E-state index is 0.0759. The maximum Gasteiger partial charge on any atom is 0.272 e. The highest BCUT2D eigenvalue weighted by Crippen LogP contribution is 2.32. The summed E-state index contributed by atoms with van der Waals surface area (Å²) < 4.78 is 2.59. The molecule has 2 heterocycles. The highest BCUT2D eigenvalue weighted by atomic mass is 32.2. The summed E-state index contributed by atoms with van der Waals surface area (Å²) in [7, 11) is 0. The first kappa shape index (κ1) is 19.9. The van der Waals surface area contributed by atoms with E-state index in [4.69, 9.17) is 4.98 Å². The normalized spacial score (nSPS) is 11.3. The van der Waals surface area contributed by atoms with Crippen LogP contribution in [0.5, 0.6) is 0 Å². The number of hydrogen-bond acceptors (Lipinski definition) is 4. The van der Waals surface area contributed by atoms with Gasteiger partial charge in [-0.25, -0.2) is 4.98 Å². The van der Waals surface area contributed by atoms with Gasteiger partial charge in [-0.1, -0.05) is 78.3 Å². The second-order valence-corrected chi connectivity index (χ2v) is 9.31. The molecule has 0 amide bonds.